The Balaban J connectivity index is 2.33. The number of piperidine rings is 1. The largest absolute Gasteiger partial charge is 0.363 e. The van der Waals surface area contributed by atoms with Crippen molar-refractivity contribution in [3.8, 4) is 6.07 Å². The van der Waals surface area contributed by atoms with Crippen LogP contribution in [0.5, 0.6) is 0 Å². The molecule has 0 spiro atoms. The van der Waals surface area contributed by atoms with Crippen LogP contribution in [0.4, 0.5) is 11.4 Å². The van der Waals surface area contributed by atoms with Crippen LogP contribution in [0.3, 0.4) is 0 Å². The van der Waals surface area contributed by atoms with E-state index in [4.69, 9.17) is 5.26 Å². The lowest BCUT2D eigenvalue weighted by molar-refractivity contribution is -0.384. The van der Waals surface area contributed by atoms with Crippen LogP contribution in [0.25, 0.3) is 0 Å². The molecule has 0 amide bonds. The van der Waals surface area contributed by atoms with Crippen molar-refractivity contribution in [1.29, 1.82) is 5.26 Å². The van der Waals surface area contributed by atoms with Crippen LogP contribution in [-0.2, 0) is 0 Å². The molecule has 1 fully saturated rings. The zero-order chi connectivity index (χ0) is 15.2. The average Bonchev–Trinajstić information content (AvgIpc) is 2.52. The fourth-order valence-corrected chi connectivity index (χ4v) is 2.91. The van der Waals surface area contributed by atoms with Crippen molar-refractivity contribution in [1.82, 2.24) is 5.32 Å². The summed E-state index contributed by atoms with van der Waals surface area (Å²) in [4.78, 5) is 13.1. The van der Waals surface area contributed by atoms with Crippen LogP contribution < -0.4 is 10.2 Å². The molecule has 6 heteroatoms. The Bertz CT molecular complexity index is 553. The number of nitrogens with zero attached hydrogens (tertiary/aromatic N) is 3. The standard InChI is InChI=1S/C15H20N4O2/c1-17-8-7-13-4-2-3-9-18(13)14-6-5-12(11-16)10-15(14)19(20)21/h5-6,10,13,17H,2-4,7-9H2,1H3. The predicted octanol–water partition coefficient (Wildman–Crippen LogP) is 2.43. The number of nitrogens with one attached hydrogen (secondary N) is 1. The number of nitriles is 1. The Morgan fingerprint density at radius 2 is 2.33 bits per heavy atom. The summed E-state index contributed by atoms with van der Waals surface area (Å²) in [5, 5.41) is 23.4. The average molecular weight is 288 g/mol. The zero-order valence-corrected chi connectivity index (χ0v) is 12.2. The minimum atomic E-state index is -0.389. The Morgan fingerprint density at radius 1 is 1.52 bits per heavy atom. The lowest BCUT2D eigenvalue weighted by atomic mass is 9.97. The molecule has 1 aromatic rings. The summed E-state index contributed by atoms with van der Waals surface area (Å²) >= 11 is 0. The second kappa shape index (κ2) is 7.04. The molecule has 1 saturated heterocycles. The van der Waals surface area contributed by atoms with Crippen molar-refractivity contribution in [3.63, 3.8) is 0 Å². The number of anilines is 1. The number of rotatable bonds is 5. The van der Waals surface area contributed by atoms with Crippen molar-refractivity contribution in [2.75, 3.05) is 25.0 Å². The Morgan fingerprint density at radius 3 is 3.00 bits per heavy atom. The molecule has 6 nitrogen and oxygen atoms in total. The number of benzene rings is 1. The van der Waals surface area contributed by atoms with Crippen LogP contribution in [0, 0.1) is 21.4 Å². The fraction of sp³-hybridized carbons (Fsp3) is 0.533. The summed E-state index contributed by atoms with van der Waals surface area (Å²) in [6, 6.07) is 7.03. The molecular formula is C15H20N4O2. The van der Waals surface area contributed by atoms with E-state index in [2.05, 4.69) is 10.2 Å². The van der Waals surface area contributed by atoms with E-state index in [9.17, 15) is 10.1 Å². The van der Waals surface area contributed by atoms with E-state index in [-0.39, 0.29) is 10.6 Å². The number of nitro benzene ring substituents is 1. The molecule has 1 heterocycles. The summed E-state index contributed by atoms with van der Waals surface area (Å²) in [5.74, 6) is 0. The zero-order valence-electron chi connectivity index (χ0n) is 12.2. The molecule has 1 aromatic carbocycles. The van der Waals surface area contributed by atoms with Gasteiger partial charge in [-0.3, -0.25) is 10.1 Å². The molecule has 1 atom stereocenters. The lowest BCUT2D eigenvalue weighted by Crippen LogP contribution is -2.41. The first kappa shape index (κ1) is 15.3. The highest BCUT2D eigenvalue weighted by molar-refractivity contribution is 5.66. The molecule has 1 aliphatic rings. The molecule has 21 heavy (non-hydrogen) atoms. The third-order valence-corrected chi connectivity index (χ3v) is 3.97. The smallest absolute Gasteiger partial charge is 0.293 e. The van der Waals surface area contributed by atoms with Crippen LogP contribution in [0.1, 0.15) is 31.2 Å². The first-order valence-electron chi connectivity index (χ1n) is 7.27. The first-order valence-corrected chi connectivity index (χ1v) is 7.27. The highest BCUT2D eigenvalue weighted by Gasteiger charge is 2.27. The number of hydrogen-bond donors (Lipinski definition) is 1. The van der Waals surface area contributed by atoms with Crippen LogP contribution in [-0.4, -0.2) is 31.1 Å². The van der Waals surface area contributed by atoms with Crippen LogP contribution in [0.15, 0.2) is 18.2 Å². The highest BCUT2D eigenvalue weighted by Crippen LogP contribution is 2.34. The maximum absolute atomic E-state index is 11.3. The van der Waals surface area contributed by atoms with E-state index in [1.807, 2.05) is 13.1 Å². The van der Waals surface area contributed by atoms with Gasteiger partial charge in [0.1, 0.15) is 5.69 Å². The molecule has 0 aromatic heterocycles. The Labute approximate surface area is 124 Å². The minimum absolute atomic E-state index is 0.0328. The van der Waals surface area contributed by atoms with Gasteiger partial charge in [-0.15, -0.1) is 0 Å². The summed E-state index contributed by atoms with van der Waals surface area (Å²) in [7, 11) is 1.91. The normalized spacial score (nSPS) is 18.3. The number of hydrogen-bond acceptors (Lipinski definition) is 5. The van der Waals surface area contributed by atoms with Crippen molar-refractivity contribution >= 4 is 11.4 Å². The van der Waals surface area contributed by atoms with Gasteiger partial charge in [-0.2, -0.15) is 5.26 Å². The van der Waals surface area contributed by atoms with E-state index in [0.717, 1.165) is 38.8 Å². The topological polar surface area (TPSA) is 82.2 Å². The second-order valence-corrected chi connectivity index (χ2v) is 5.31. The Hall–Kier alpha value is -2.13. The molecule has 112 valence electrons. The predicted molar refractivity (Wildman–Crippen MR) is 81.3 cm³/mol. The molecule has 2 rings (SSSR count). The van der Waals surface area contributed by atoms with Gasteiger partial charge in [-0.1, -0.05) is 0 Å². The maximum Gasteiger partial charge on any atom is 0.293 e. The van der Waals surface area contributed by atoms with Crippen LogP contribution in [0.2, 0.25) is 0 Å². The quantitative estimate of drug-likeness (QED) is 0.664. The maximum atomic E-state index is 11.3. The molecule has 1 N–H and O–H groups in total. The van der Waals surface area contributed by atoms with Gasteiger partial charge in [0.15, 0.2) is 0 Å². The fourth-order valence-electron chi connectivity index (χ4n) is 2.91. The van der Waals surface area contributed by atoms with Crippen LogP contribution >= 0.6 is 0 Å². The molecule has 1 aliphatic heterocycles. The van der Waals surface area contributed by atoms with E-state index in [1.165, 1.54) is 6.07 Å². The van der Waals surface area contributed by atoms with Gasteiger partial charge in [-0.05, 0) is 51.4 Å². The van der Waals surface area contributed by atoms with Gasteiger partial charge in [0, 0.05) is 18.7 Å². The van der Waals surface area contributed by atoms with Gasteiger partial charge in [0.05, 0.1) is 16.6 Å². The summed E-state index contributed by atoms with van der Waals surface area (Å²) in [6.07, 6.45) is 4.23. The van der Waals surface area contributed by atoms with Crippen molar-refractivity contribution in [2.24, 2.45) is 0 Å². The van der Waals surface area contributed by atoms with Crippen molar-refractivity contribution in [2.45, 2.75) is 31.7 Å². The first-order chi connectivity index (χ1) is 10.2. The summed E-state index contributed by atoms with van der Waals surface area (Å²) in [5.41, 5.74) is 0.999. The van der Waals surface area contributed by atoms with Gasteiger partial charge < -0.3 is 10.2 Å². The molecular weight excluding hydrogens is 268 g/mol. The van der Waals surface area contributed by atoms with E-state index >= 15 is 0 Å². The highest BCUT2D eigenvalue weighted by atomic mass is 16.6. The third kappa shape index (κ3) is 3.50. The summed E-state index contributed by atoms with van der Waals surface area (Å²) in [6.45, 7) is 1.73. The molecule has 0 saturated carbocycles. The SMILES string of the molecule is CNCCC1CCCCN1c1ccc(C#N)cc1[N+](=O)[O-]. The van der Waals surface area contributed by atoms with Gasteiger partial charge >= 0.3 is 0 Å². The summed E-state index contributed by atoms with van der Waals surface area (Å²) < 4.78 is 0. The molecule has 0 aliphatic carbocycles. The molecule has 0 radical (unpaired) electrons. The van der Waals surface area contributed by atoms with E-state index in [1.54, 1.807) is 12.1 Å². The monoisotopic (exact) mass is 288 g/mol. The van der Waals surface area contributed by atoms with Gasteiger partial charge in [-0.25, -0.2) is 0 Å². The lowest BCUT2D eigenvalue weighted by Gasteiger charge is -2.37. The number of nitro groups is 1. The van der Waals surface area contributed by atoms with E-state index in [0.29, 0.717) is 17.3 Å². The van der Waals surface area contributed by atoms with Gasteiger partial charge in [0.2, 0.25) is 0 Å². The molecule has 0 bridgehead atoms. The van der Waals surface area contributed by atoms with E-state index < -0.39 is 0 Å². The van der Waals surface area contributed by atoms with Gasteiger partial charge in [0.25, 0.3) is 5.69 Å². The van der Waals surface area contributed by atoms with Crippen molar-refractivity contribution in [3.05, 3.63) is 33.9 Å². The van der Waals surface area contributed by atoms with Crippen molar-refractivity contribution < 1.29 is 4.92 Å². The Kier molecular flexibility index (Phi) is 5.12. The second-order valence-electron chi connectivity index (χ2n) is 5.31. The molecule has 1 unspecified atom stereocenters. The third-order valence-electron chi connectivity index (χ3n) is 3.97. The minimum Gasteiger partial charge on any atom is -0.363 e.